The highest BCUT2D eigenvalue weighted by Gasteiger charge is 2.37. The molecule has 80 valence electrons. The molecule has 0 radical (unpaired) electrons. The van der Waals surface area contributed by atoms with Crippen LogP contribution in [0.2, 0.25) is 0 Å². The fourth-order valence-electron chi connectivity index (χ4n) is 1.25. The van der Waals surface area contributed by atoms with Crippen molar-refractivity contribution in [1.29, 1.82) is 0 Å². The van der Waals surface area contributed by atoms with Gasteiger partial charge in [0.15, 0.2) is 0 Å². The summed E-state index contributed by atoms with van der Waals surface area (Å²) < 4.78 is 5.30. The standard InChI is InChI=1S/C9H16N2O3/c1-4-9(2)5-6-13-7(9)11-14-8(12)10-3/h4-6H2,1-3H3,(H,10,12)/b11-7-. The summed E-state index contributed by atoms with van der Waals surface area (Å²) >= 11 is 0. The first-order chi connectivity index (χ1) is 6.62. The highest BCUT2D eigenvalue weighted by atomic mass is 16.7. The van der Waals surface area contributed by atoms with Crippen molar-refractivity contribution in [1.82, 2.24) is 5.32 Å². The average molecular weight is 200 g/mol. The number of ether oxygens (including phenoxy) is 1. The number of hydrogen-bond acceptors (Lipinski definition) is 4. The smallest absolute Gasteiger partial charge is 0.433 e. The van der Waals surface area contributed by atoms with Gasteiger partial charge in [-0.2, -0.15) is 0 Å². The Morgan fingerprint density at radius 2 is 2.50 bits per heavy atom. The van der Waals surface area contributed by atoms with Gasteiger partial charge in [0.1, 0.15) is 0 Å². The van der Waals surface area contributed by atoms with Crippen molar-refractivity contribution in [3.63, 3.8) is 0 Å². The van der Waals surface area contributed by atoms with E-state index < -0.39 is 6.09 Å². The summed E-state index contributed by atoms with van der Waals surface area (Å²) in [6.07, 6.45) is 1.26. The third-order valence-electron chi connectivity index (χ3n) is 2.60. The third kappa shape index (κ3) is 2.16. The van der Waals surface area contributed by atoms with E-state index in [-0.39, 0.29) is 5.41 Å². The lowest BCUT2D eigenvalue weighted by molar-refractivity contribution is 0.147. The first-order valence-corrected chi connectivity index (χ1v) is 4.72. The van der Waals surface area contributed by atoms with Crippen molar-refractivity contribution >= 4 is 12.0 Å². The Morgan fingerprint density at radius 3 is 3.07 bits per heavy atom. The Hall–Kier alpha value is -1.26. The molecule has 1 fully saturated rings. The summed E-state index contributed by atoms with van der Waals surface area (Å²) in [6.45, 7) is 4.75. The van der Waals surface area contributed by atoms with Gasteiger partial charge in [-0.3, -0.25) is 4.84 Å². The predicted octanol–water partition coefficient (Wildman–Crippen LogP) is 1.49. The molecule has 0 aromatic heterocycles. The van der Waals surface area contributed by atoms with Crippen LogP contribution >= 0.6 is 0 Å². The Kier molecular flexibility index (Phi) is 3.33. The molecule has 1 saturated heterocycles. The van der Waals surface area contributed by atoms with E-state index in [1.165, 1.54) is 7.05 Å². The van der Waals surface area contributed by atoms with Gasteiger partial charge in [-0.1, -0.05) is 13.8 Å². The second-order valence-electron chi connectivity index (χ2n) is 3.54. The average Bonchev–Trinajstić information content (AvgIpc) is 2.57. The number of nitrogens with one attached hydrogen (secondary N) is 1. The number of hydrogen-bond donors (Lipinski definition) is 1. The van der Waals surface area contributed by atoms with Crippen molar-refractivity contribution in [3.8, 4) is 0 Å². The molecule has 1 N–H and O–H groups in total. The normalized spacial score (nSPS) is 28.6. The number of nitrogens with zero attached hydrogens (tertiary/aromatic N) is 1. The maximum absolute atomic E-state index is 10.8. The number of carbonyl (C=O) groups is 1. The summed E-state index contributed by atoms with van der Waals surface area (Å²) in [7, 11) is 1.48. The molecule has 0 bridgehead atoms. The minimum Gasteiger partial charge on any atom is -0.478 e. The van der Waals surface area contributed by atoms with Crippen LogP contribution in [0.5, 0.6) is 0 Å². The van der Waals surface area contributed by atoms with Gasteiger partial charge in [0, 0.05) is 12.5 Å². The lowest BCUT2D eigenvalue weighted by Crippen LogP contribution is -2.24. The summed E-state index contributed by atoms with van der Waals surface area (Å²) in [5.41, 5.74) is -0.0893. The molecule has 1 aliphatic heterocycles. The minimum atomic E-state index is -0.577. The molecule has 0 aromatic carbocycles. The fourth-order valence-corrected chi connectivity index (χ4v) is 1.25. The predicted molar refractivity (Wildman–Crippen MR) is 51.9 cm³/mol. The molecular weight excluding hydrogens is 184 g/mol. The second kappa shape index (κ2) is 4.30. The number of oxime groups is 1. The van der Waals surface area contributed by atoms with E-state index in [0.29, 0.717) is 12.5 Å². The SMILES string of the molecule is CCC1(C)CCO/C1=N\OC(=O)NC. The van der Waals surface area contributed by atoms with E-state index in [4.69, 9.17) is 4.74 Å². The van der Waals surface area contributed by atoms with Gasteiger partial charge >= 0.3 is 6.09 Å². The summed E-state index contributed by atoms with van der Waals surface area (Å²) in [5.74, 6) is 0.517. The van der Waals surface area contributed by atoms with Crippen molar-refractivity contribution in [3.05, 3.63) is 0 Å². The largest absolute Gasteiger partial charge is 0.478 e. The van der Waals surface area contributed by atoms with Crippen LogP contribution in [0.15, 0.2) is 5.16 Å². The number of rotatable bonds is 2. The number of amides is 1. The summed E-state index contributed by atoms with van der Waals surface area (Å²) in [4.78, 5) is 15.4. The molecule has 1 atom stereocenters. The first kappa shape index (κ1) is 10.8. The monoisotopic (exact) mass is 200 g/mol. The molecule has 0 spiro atoms. The molecule has 1 rings (SSSR count). The maximum Gasteiger partial charge on any atom is 0.433 e. The highest BCUT2D eigenvalue weighted by molar-refractivity contribution is 5.84. The molecule has 5 nitrogen and oxygen atoms in total. The Labute approximate surface area is 83.4 Å². The van der Waals surface area contributed by atoms with Gasteiger partial charge in [-0.05, 0) is 18.0 Å². The quantitative estimate of drug-likeness (QED) is 0.542. The van der Waals surface area contributed by atoms with Crippen molar-refractivity contribution in [2.24, 2.45) is 10.6 Å². The molecule has 0 aromatic rings. The molecule has 1 heterocycles. The maximum atomic E-state index is 10.8. The van der Waals surface area contributed by atoms with E-state index in [1.54, 1.807) is 0 Å². The summed E-state index contributed by atoms with van der Waals surface area (Å²) in [6, 6.07) is 0. The highest BCUT2D eigenvalue weighted by Crippen LogP contribution is 2.33. The van der Waals surface area contributed by atoms with Crippen LogP contribution in [0.3, 0.4) is 0 Å². The molecule has 1 aliphatic rings. The molecule has 0 saturated carbocycles. The molecule has 0 aliphatic carbocycles. The molecule has 1 unspecified atom stereocenters. The molecule has 14 heavy (non-hydrogen) atoms. The van der Waals surface area contributed by atoms with Crippen LogP contribution in [-0.2, 0) is 9.57 Å². The zero-order valence-corrected chi connectivity index (χ0v) is 8.79. The van der Waals surface area contributed by atoms with Gasteiger partial charge < -0.3 is 10.1 Å². The van der Waals surface area contributed by atoms with Crippen molar-refractivity contribution in [2.75, 3.05) is 13.7 Å². The zero-order chi connectivity index (χ0) is 10.6. The topological polar surface area (TPSA) is 59.9 Å². The zero-order valence-electron chi connectivity index (χ0n) is 8.79. The summed E-state index contributed by atoms with van der Waals surface area (Å²) in [5, 5.41) is 6.01. The lowest BCUT2D eigenvalue weighted by atomic mass is 9.86. The Morgan fingerprint density at radius 1 is 1.79 bits per heavy atom. The van der Waals surface area contributed by atoms with Crippen molar-refractivity contribution in [2.45, 2.75) is 26.7 Å². The van der Waals surface area contributed by atoms with Gasteiger partial charge in [0.25, 0.3) is 0 Å². The van der Waals surface area contributed by atoms with Crippen LogP contribution in [0.25, 0.3) is 0 Å². The van der Waals surface area contributed by atoms with Gasteiger partial charge in [-0.15, -0.1) is 0 Å². The van der Waals surface area contributed by atoms with E-state index in [2.05, 4.69) is 22.2 Å². The van der Waals surface area contributed by atoms with E-state index in [0.717, 1.165) is 12.8 Å². The molecule has 5 heteroatoms. The van der Waals surface area contributed by atoms with E-state index >= 15 is 0 Å². The van der Waals surface area contributed by atoms with Crippen molar-refractivity contribution < 1.29 is 14.4 Å². The molecular formula is C9H16N2O3. The van der Waals surface area contributed by atoms with Crippen LogP contribution in [-0.4, -0.2) is 25.6 Å². The minimum absolute atomic E-state index is 0.0893. The van der Waals surface area contributed by atoms with E-state index in [9.17, 15) is 4.79 Å². The third-order valence-corrected chi connectivity index (χ3v) is 2.60. The van der Waals surface area contributed by atoms with Crippen LogP contribution in [0, 0.1) is 5.41 Å². The van der Waals surface area contributed by atoms with E-state index in [1.807, 2.05) is 6.92 Å². The van der Waals surface area contributed by atoms with Gasteiger partial charge in [-0.25, -0.2) is 4.79 Å². The second-order valence-corrected chi connectivity index (χ2v) is 3.54. The van der Waals surface area contributed by atoms with Gasteiger partial charge in [0.2, 0.25) is 5.90 Å². The Bertz CT molecular complexity index is 252. The lowest BCUT2D eigenvalue weighted by Gasteiger charge is -2.17. The first-order valence-electron chi connectivity index (χ1n) is 4.72. The Balaban J connectivity index is 2.62. The van der Waals surface area contributed by atoms with Crippen LogP contribution in [0.4, 0.5) is 4.79 Å². The number of carbonyl (C=O) groups excluding carboxylic acids is 1. The van der Waals surface area contributed by atoms with Crippen LogP contribution < -0.4 is 5.32 Å². The molecule has 1 amide bonds. The fraction of sp³-hybridized carbons (Fsp3) is 0.778. The van der Waals surface area contributed by atoms with Crippen LogP contribution in [0.1, 0.15) is 26.7 Å². The van der Waals surface area contributed by atoms with Gasteiger partial charge in [0.05, 0.1) is 6.61 Å².